The number of methoxy groups -OCH3 is 2. The number of rotatable bonds is 5. The molecular weight excluding hydrogens is 415 g/mol. The standard InChI is InChI=1S/C21H18Cl2N2O4/c1-12(26)25(17-6-4-15(22)5-7-17)11-14-9-16(23)8-13-10-18(21(27)29-3)20(28-2)24-19(13)14/h4-10H,11H2,1-3H3. The number of fused-ring (bicyclic) bond motifs is 1. The molecule has 1 aromatic heterocycles. The average Bonchev–Trinajstić information content (AvgIpc) is 2.70. The van der Waals surface area contributed by atoms with E-state index in [4.69, 9.17) is 32.7 Å². The van der Waals surface area contributed by atoms with E-state index in [-0.39, 0.29) is 23.9 Å². The monoisotopic (exact) mass is 432 g/mol. The first-order valence-electron chi connectivity index (χ1n) is 8.63. The molecule has 0 saturated heterocycles. The molecule has 0 aliphatic heterocycles. The van der Waals surface area contributed by atoms with Gasteiger partial charge in [0.05, 0.1) is 26.3 Å². The molecule has 2 aromatic carbocycles. The second-order valence-corrected chi connectivity index (χ2v) is 7.13. The van der Waals surface area contributed by atoms with Crippen molar-refractivity contribution in [2.24, 2.45) is 0 Å². The van der Waals surface area contributed by atoms with E-state index in [0.717, 1.165) is 0 Å². The van der Waals surface area contributed by atoms with Crippen molar-refractivity contribution in [3.05, 3.63) is 63.6 Å². The van der Waals surface area contributed by atoms with Crippen molar-refractivity contribution in [2.75, 3.05) is 19.1 Å². The number of carbonyl (C=O) groups is 2. The van der Waals surface area contributed by atoms with Crippen molar-refractivity contribution < 1.29 is 19.1 Å². The van der Waals surface area contributed by atoms with Crippen LogP contribution in [0.4, 0.5) is 5.69 Å². The predicted octanol–water partition coefficient (Wildman–Crippen LogP) is 4.89. The van der Waals surface area contributed by atoms with E-state index < -0.39 is 5.97 Å². The van der Waals surface area contributed by atoms with Crippen LogP contribution >= 0.6 is 23.2 Å². The lowest BCUT2D eigenvalue weighted by Crippen LogP contribution is -2.28. The van der Waals surface area contributed by atoms with Gasteiger partial charge in [-0.3, -0.25) is 4.79 Å². The maximum atomic E-state index is 12.3. The number of benzene rings is 2. The summed E-state index contributed by atoms with van der Waals surface area (Å²) in [6, 6.07) is 12.0. The van der Waals surface area contributed by atoms with Gasteiger partial charge in [-0.2, -0.15) is 0 Å². The largest absolute Gasteiger partial charge is 0.480 e. The van der Waals surface area contributed by atoms with Crippen LogP contribution in [0.1, 0.15) is 22.8 Å². The zero-order valence-corrected chi connectivity index (χ0v) is 17.5. The summed E-state index contributed by atoms with van der Waals surface area (Å²) in [7, 11) is 2.71. The summed E-state index contributed by atoms with van der Waals surface area (Å²) in [4.78, 5) is 30.4. The molecule has 0 radical (unpaired) electrons. The number of carbonyl (C=O) groups excluding carboxylic acids is 2. The number of hydrogen-bond acceptors (Lipinski definition) is 5. The summed E-state index contributed by atoms with van der Waals surface area (Å²) < 4.78 is 10.1. The fourth-order valence-electron chi connectivity index (χ4n) is 3.01. The minimum absolute atomic E-state index is 0.133. The van der Waals surface area contributed by atoms with E-state index in [9.17, 15) is 9.59 Å². The molecule has 3 aromatic rings. The van der Waals surface area contributed by atoms with Gasteiger partial charge in [-0.15, -0.1) is 0 Å². The van der Waals surface area contributed by atoms with Crippen LogP contribution in [0, 0.1) is 0 Å². The number of nitrogens with zero attached hydrogens (tertiary/aromatic N) is 2. The van der Waals surface area contributed by atoms with Gasteiger partial charge in [-0.25, -0.2) is 9.78 Å². The minimum atomic E-state index is -0.565. The van der Waals surface area contributed by atoms with Crippen molar-refractivity contribution in [1.82, 2.24) is 4.98 Å². The predicted molar refractivity (Wildman–Crippen MR) is 113 cm³/mol. The maximum Gasteiger partial charge on any atom is 0.343 e. The molecule has 0 bridgehead atoms. The highest BCUT2D eigenvalue weighted by atomic mass is 35.5. The Morgan fingerprint density at radius 1 is 1.03 bits per heavy atom. The van der Waals surface area contributed by atoms with Gasteiger partial charge in [-0.05, 0) is 48.0 Å². The van der Waals surface area contributed by atoms with Crippen molar-refractivity contribution in [1.29, 1.82) is 0 Å². The van der Waals surface area contributed by atoms with Gasteiger partial charge in [0, 0.05) is 28.0 Å². The Balaban J connectivity index is 2.13. The van der Waals surface area contributed by atoms with E-state index >= 15 is 0 Å². The molecule has 150 valence electrons. The lowest BCUT2D eigenvalue weighted by atomic mass is 10.1. The minimum Gasteiger partial charge on any atom is -0.480 e. The molecule has 0 atom stereocenters. The van der Waals surface area contributed by atoms with Gasteiger partial charge in [0.15, 0.2) is 0 Å². The first kappa shape index (κ1) is 20.9. The molecule has 0 saturated carbocycles. The van der Waals surface area contributed by atoms with E-state index in [1.165, 1.54) is 21.1 Å². The van der Waals surface area contributed by atoms with Gasteiger partial charge in [0.2, 0.25) is 11.8 Å². The highest BCUT2D eigenvalue weighted by Crippen LogP contribution is 2.30. The quantitative estimate of drug-likeness (QED) is 0.536. The average molecular weight is 433 g/mol. The Hall–Kier alpha value is -2.83. The molecule has 0 spiro atoms. The molecule has 0 aliphatic rings. The highest BCUT2D eigenvalue weighted by molar-refractivity contribution is 6.31. The zero-order chi connectivity index (χ0) is 21.1. The Kier molecular flexibility index (Phi) is 6.25. The summed E-state index contributed by atoms with van der Waals surface area (Å²) >= 11 is 12.3. The number of ether oxygens (including phenoxy) is 2. The van der Waals surface area contributed by atoms with Gasteiger partial charge in [0.25, 0.3) is 0 Å². The molecule has 1 amide bonds. The Labute approximate surface area is 177 Å². The number of hydrogen-bond donors (Lipinski definition) is 0. The molecule has 0 unspecified atom stereocenters. The Morgan fingerprint density at radius 3 is 2.31 bits per heavy atom. The number of halogens is 2. The smallest absolute Gasteiger partial charge is 0.343 e. The highest BCUT2D eigenvalue weighted by Gasteiger charge is 2.20. The fourth-order valence-corrected chi connectivity index (χ4v) is 3.39. The van der Waals surface area contributed by atoms with E-state index in [2.05, 4.69) is 4.98 Å². The van der Waals surface area contributed by atoms with Gasteiger partial charge >= 0.3 is 5.97 Å². The summed E-state index contributed by atoms with van der Waals surface area (Å²) in [5.74, 6) is -0.586. The molecular formula is C21H18Cl2N2O4. The molecule has 3 rings (SSSR count). The third kappa shape index (κ3) is 4.44. The third-order valence-corrected chi connectivity index (χ3v) is 4.84. The summed E-state index contributed by atoms with van der Waals surface area (Å²) in [6.45, 7) is 1.70. The van der Waals surface area contributed by atoms with Crippen molar-refractivity contribution in [2.45, 2.75) is 13.5 Å². The first-order chi connectivity index (χ1) is 13.8. The maximum absolute atomic E-state index is 12.3. The van der Waals surface area contributed by atoms with Gasteiger partial charge < -0.3 is 14.4 Å². The number of aromatic nitrogens is 1. The van der Waals surface area contributed by atoms with E-state index in [1.807, 2.05) is 0 Å². The molecule has 0 fully saturated rings. The lowest BCUT2D eigenvalue weighted by molar-refractivity contribution is -0.116. The molecule has 6 nitrogen and oxygen atoms in total. The van der Waals surface area contributed by atoms with Crippen LogP contribution in [0.2, 0.25) is 10.0 Å². The van der Waals surface area contributed by atoms with Crippen molar-refractivity contribution >= 4 is 51.7 Å². The Morgan fingerprint density at radius 2 is 1.72 bits per heavy atom. The summed E-state index contributed by atoms with van der Waals surface area (Å²) in [5, 5.41) is 1.66. The van der Waals surface area contributed by atoms with Crippen molar-refractivity contribution in [3.8, 4) is 5.88 Å². The summed E-state index contributed by atoms with van der Waals surface area (Å²) in [5.41, 5.74) is 2.15. The fraction of sp³-hybridized carbons (Fsp3) is 0.190. The van der Waals surface area contributed by atoms with Crippen LogP contribution in [0.3, 0.4) is 0 Å². The van der Waals surface area contributed by atoms with Crippen LogP contribution in [0.5, 0.6) is 5.88 Å². The SMILES string of the molecule is COC(=O)c1cc2cc(Cl)cc(CN(C(C)=O)c3ccc(Cl)cc3)c2nc1OC. The normalized spacial score (nSPS) is 10.7. The molecule has 8 heteroatoms. The number of esters is 1. The second-order valence-electron chi connectivity index (χ2n) is 6.26. The molecule has 29 heavy (non-hydrogen) atoms. The number of pyridine rings is 1. The first-order valence-corrected chi connectivity index (χ1v) is 9.38. The summed E-state index contributed by atoms with van der Waals surface area (Å²) in [6.07, 6.45) is 0. The van der Waals surface area contributed by atoms with Crippen molar-refractivity contribution in [3.63, 3.8) is 0 Å². The van der Waals surface area contributed by atoms with Gasteiger partial charge in [-0.1, -0.05) is 23.2 Å². The topological polar surface area (TPSA) is 68.7 Å². The van der Waals surface area contributed by atoms with E-state index in [0.29, 0.717) is 32.2 Å². The van der Waals surface area contributed by atoms with Crippen LogP contribution in [-0.4, -0.2) is 31.1 Å². The molecule has 0 aliphatic carbocycles. The number of anilines is 1. The molecule has 1 heterocycles. The third-order valence-electron chi connectivity index (χ3n) is 4.37. The lowest BCUT2D eigenvalue weighted by Gasteiger charge is -2.22. The Bertz CT molecular complexity index is 1080. The van der Waals surface area contributed by atoms with Gasteiger partial charge in [0.1, 0.15) is 5.56 Å². The molecule has 0 N–H and O–H groups in total. The van der Waals surface area contributed by atoms with Crippen LogP contribution in [0.15, 0.2) is 42.5 Å². The number of amides is 1. The van der Waals surface area contributed by atoms with Crippen LogP contribution < -0.4 is 9.64 Å². The van der Waals surface area contributed by atoms with Crippen LogP contribution in [-0.2, 0) is 16.1 Å². The zero-order valence-electron chi connectivity index (χ0n) is 16.0. The second kappa shape index (κ2) is 8.68. The van der Waals surface area contributed by atoms with E-state index in [1.54, 1.807) is 47.4 Å². The van der Waals surface area contributed by atoms with Crippen LogP contribution in [0.25, 0.3) is 10.9 Å².